The molecule has 0 spiro atoms. The van der Waals surface area contributed by atoms with Gasteiger partial charge in [0.25, 0.3) is 5.03 Å². The summed E-state index contributed by atoms with van der Waals surface area (Å²) in [5.74, 6) is 3.59. The highest BCUT2D eigenvalue weighted by Gasteiger charge is 2.32. The summed E-state index contributed by atoms with van der Waals surface area (Å²) in [6, 6.07) is 10.1. The van der Waals surface area contributed by atoms with Crippen LogP contribution >= 0.6 is 0 Å². The highest BCUT2D eigenvalue weighted by molar-refractivity contribution is 7.89. The maximum absolute atomic E-state index is 13.2. The van der Waals surface area contributed by atoms with E-state index in [9.17, 15) is 4.55 Å². The Bertz CT molecular complexity index is 1200. The maximum Gasteiger partial charge on any atom is 0.273 e. The summed E-state index contributed by atoms with van der Waals surface area (Å²) in [6.45, 7) is 20.3. The van der Waals surface area contributed by atoms with Crippen molar-refractivity contribution in [2.45, 2.75) is 70.4 Å². The lowest BCUT2D eigenvalue weighted by molar-refractivity contribution is 0.265. The molecule has 2 aromatic heterocycles. The number of nitrogens with zero attached hydrogens (tertiary/aromatic N) is 5. The minimum absolute atomic E-state index is 0.325. The highest BCUT2D eigenvalue weighted by atomic mass is 32.2. The fraction of sp³-hybridized carbons (Fsp3) is 0.533. The highest BCUT2D eigenvalue weighted by Crippen LogP contribution is 2.36. The third-order valence-corrected chi connectivity index (χ3v) is 9.59. The summed E-state index contributed by atoms with van der Waals surface area (Å²) >= 11 is -1.54. The van der Waals surface area contributed by atoms with Crippen LogP contribution in [-0.4, -0.2) is 58.2 Å². The Balaban J connectivity index is 1.43. The number of hydrogen-bond acceptors (Lipinski definition) is 8. The molecule has 0 aliphatic carbocycles. The second-order valence-corrected chi connectivity index (χ2v) is 12.8. The number of anilines is 3. The van der Waals surface area contributed by atoms with Gasteiger partial charge in [-0.1, -0.05) is 46.4 Å². The minimum atomic E-state index is -1.54. The van der Waals surface area contributed by atoms with Crippen LogP contribution in [0.25, 0.3) is 5.70 Å². The van der Waals surface area contributed by atoms with Gasteiger partial charge in [0.05, 0.1) is 5.70 Å². The van der Waals surface area contributed by atoms with Gasteiger partial charge in [-0.05, 0) is 55.7 Å². The van der Waals surface area contributed by atoms with E-state index in [0.717, 1.165) is 93.7 Å². The lowest BCUT2D eigenvalue weighted by Crippen LogP contribution is -2.33. The molecule has 2 atom stereocenters. The second kappa shape index (κ2) is 11.7. The molecule has 5 rings (SSSR count). The fourth-order valence-electron chi connectivity index (χ4n) is 5.60. The number of pyridine rings is 2. The van der Waals surface area contributed by atoms with Gasteiger partial charge in [-0.15, -0.1) is 0 Å². The standard InChI is InChI=1S/C30H43N7OS/c1-6-30(4,5)16-19-35-20-21-36(23(35)3)27-15-14-25-22(2)34-39(38)28-13-7-12-26(32-28)31-17-8-10-24-11-9-18-37(24)29(25)33-27/h7,12-15,24,34H,2-3,6,8-11,16-21H2,1,4-5H3,(H,31,32). The molecule has 0 aromatic carbocycles. The van der Waals surface area contributed by atoms with E-state index in [-0.39, 0.29) is 0 Å². The Kier molecular flexibility index (Phi) is 8.28. The van der Waals surface area contributed by atoms with Crippen molar-refractivity contribution in [2.24, 2.45) is 5.41 Å². The van der Waals surface area contributed by atoms with Gasteiger partial charge in [-0.2, -0.15) is 4.98 Å². The molecule has 3 aliphatic rings. The first-order valence-corrected chi connectivity index (χ1v) is 15.5. The van der Waals surface area contributed by atoms with E-state index in [1.165, 1.54) is 6.42 Å². The molecule has 2 N–H and O–H groups in total. The predicted octanol–water partition coefficient (Wildman–Crippen LogP) is 5.35. The largest absolute Gasteiger partial charge is 0.587 e. The van der Waals surface area contributed by atoms with Crippen molar-refractivity contribution in [2.75, 3.05) is 47.8 Å². The van der Waals surface area contributed by atoms with E-state index in [1.807, 2.05) is 12.1 Å². The van der Waals surface area contributed by atoms with E-state index >= 15 is 0 Å². The zero-order valence-corrected chi connectivity index (χ0v) is 24.5. The molecule has 2 aromatic rings. The molecular weight excluding hydrogens is 506 g/mol. The summed E-state index contributed by atoms with van der Waals surface area (Å²) in [5.41, 5.74) is 1.80. The first-order valence-electron chi connectivity index (χ1n) is 14.3. The number of rotatable bonds is 5. The van der Waals surface area contributed by atoms with Gasteiger partial charge < -0.3 is 24.6 Å². The van der Waals surface area contributed by atoms with Gasteiger partial charge in [-0.3, -0.25) is 0 Å². The Morgan fingerprint density at radius 3 is 2.72 bits per heavy atom. The van der Waals surface area contributed by atoms with Crippen molar-refractivity contribution in [3.63, 3.8) is 0 Å². The van der Waals surface area contributed by atoms with Gasteiger partial charge >= 0.3 is 0 Å². The Labute approximate surface area is 236 Å². The lowest BCUT2D eigenvalue weighted by atomic mass is 9.86. The van der Waals surface area contributed by atoms with Crippen LogP contribution in [0.3, 0.4) is 0 Å². The maximum atomic E-state index is 13.2. The summed E-state index contributed by atoms with van der Waals surface area (Å²) in [6.07, 6.45) is 6.67. The van der Waals surface area contributed by atoms with Gasteiger partial charge in [-0.25, -0.2) is 9.71 Å². The van der Waals surface area contributed by atoms with Crippen molar-refractivity contribution in [1.82, 2.24) is 19.6 Å². The van der Waals surface area contributed by atoms with E-state index in [0.29, 0.717) is 22.2 Å². The summed E-state index contributed by atoms with van der Waals surface area (Å²) in [7, 11) is 0. The van der Waals surface area contributed by atoms with Gasteiger partial charge in [0.2, 0.25) is 0 Å². The van der Waals surface area contributed by atoms with Gasteiger partial charge in [0.1, 0.15) is 34.6 Å². The topological polar surface area (TPSA) is 82.6 Å². The number of nitrogens with one attached hydrogen (secondary N) is 2. The summed E-state index contributed by atoms with van der Waals surface area (Å²) in [4.78, 5) is 16.9. The van der Waals surface area contributed by atoms with Crippen LogP contribution in [0, 0.1) is 5.41 Å². The Morgan fingerprint density at radius 1 is 1.08 bits per heavy atom. The van der Waals surface area contributed by atoms with Crippen molar-refractivity contribution in [3.05, 3.63) is 54.9 Å². The Morgan fingerprint density at radius 2 is 1.90 bits per heavy atom. The molecule has 2 saturated heterocycles. The molecule has 3 aliphatic heterocycles. The molecule has 2 bridgehead atoms. The van der Waals surface area contributed by atoms with Crippen LogP contribution in [-0.2, 0) is 11.4 Å². The third-order valence-electron chi connectivity index (χ3n) is 8.55. The van der Waals surface area contributed by atoms with Gasteiger partial charge in [0, 0.05) is 50.4 Å². The molecule has 9 heteroatoms. The van der Waals surface area contributed by atoms with Crippen molar-refractivity contribution in [1.29, 1.82) is 0 Å². The lowest BCUT2D eigenvalue weighted by Gasteiger charge is -2.31. The zero-order valence-electron chi connectivity index (χ0n) is 23.7. The first-order chi connectivity index (χ1) is 18.8. The molecular formula is C30H43N7OS. The van der Waals surface area contributed by atoms with Crippen LogP contribution in [0.4, 0.5) is 17.5 Å². The van der Waals surface area contributed by atoms with Crippen LogP contribution < -0.4 is 19.8 Å². The predicted molar refractivity (Wildman–Crippen MR) is 162 cm³/mol. The van der Waals surface area contributed by atoms with E-state index in [4.69, 9.17) is 4.98 Å². The molecule has 8 nitrogen and oxygen atoms in total. The molecule has 210 valence electrons. The molecule has 0 saturated carbocycles. The Hall–Kier alpha value is -2.91. The molecule has 2 fully saturated rings. The van der Waals surface area contributed by atoms with Gasteiger partial charge in [0.15, 0.2) is 0 Å². The number of hydrogen-bond donors (Lipinski definition) is 2. The molecule has 39 heavy (non-hydrogen) atoms. The first kappa shape index (κ1) is 27.6. The number of fused-ring (bicyclic) bond motifs is 5. The summed E-state index contributed by atoms with van der Waals surface area (Å²) in [5, 5.41) is 3.87. The normalized spacial score (nSPS) is 22.2. The quantitative estimate of drug-likeness (QED) is 0.483. The van der Waals surface area contributed by atoms with Crippen molar-refractivity contribution >= 4 is 34.5 Å². The minimum Gasteiger partial charge on any atom is -0.587 e. The van der Waals surface area contributed by atoms with E-state index in [2.05, 4.69) is 75.8 Å². The second-order valence-electron chi connectivity index (χ2n) is 11.6. The zero-order chi connectivity index (χ0) is 27.6. The summed E-state index contributed by atoms with van der Waals surface area (Å²) < 4.78 is 16.3. The fourth-order valence-corrected chi connectivity index (χ4v) is 6.42. The van der Waals surface area contributed by atoms with E-state index < -0.39 is 11.4 Å². The van der Waals surface area contributed by atoms with Crippen LogP contribution in [0.5, 0.6) is 0 Å². The molecule has 2 unspecified atom stereocenters. The molecule has 0 amide bonds. The van der Waals surface area contributed by atoms with Crippen LogP contribution in [0.15, 0.2) is 54.3 Å². The molecule has 0 radical (unpaired) electrons. The third kappa shape index (κ3) is 6.14. The van der Waals surface area contributed by atoms with Crippen LogP contribution in [0.1, 0.15) is 64.9 Å². The van der Waals surface area contributed by atoms with Crippen molar-refractivity contribution < 1.29 is 4.55 Å². The van der Waals surface area contributed by atoms with E-state index in [1.54, 1.807) is 6.07 Å². The smallest absolute Gasteiger partial charge is 0.273 e. The SMILES string of the molecule is C=C1N[S+]([O-])c2cccc(n2)NCCCC2CCCN2c2nc(N3CCN(CCC(C)(C)CC)C3=C)ccc21. The van der Waals surface area contributed by atoms with Crippen molar-refractivity contribution in [3.8, 4) is 0 Å². The average Bonchev–Trinajstić information content (AvgIpc) is 3.55. The van der Waals surface area contributed by atoms with Crippen LogP contribution in [0.2, 0.25) is 0 Å². The molecule has 5 heterocycles. The number of aromatic nitrogens is 2. The average molecular weight is 550 g/mol. The monoisotopic (exact) mass is 549 g/mol.